The van der Waals surface area contributed by atoms with Crippen molar-refractivity contribution in [2.24, 2.45) is 0 Å². The summed E-state index contributed by atoms with van der Waals surface area (Å²) < 4.78 is 0. The van der Waals surface area contributed by atoms with Gasteiger partial charge in [0.05, 0.1) is 0 Å². The minimum absolute atomic E-state index is 0.0921. The van der Waals surface area contributed by atoms with E-state index >= 15 is 0 Å². The largest absolute Gasteiger partial charge is 0.326 e. The standard InChI is InChI=1S/C16H24N2O/c1-2-3-4-13-5-7-15(8-6-13)18-16(19)11-12-17-14-9-10-14/h5-8,14,17H,2-4,9-12H2,1H3,(H,18,19). The van der Waals surface area contributed by atoms with Gasteiger partial charge >= 0.3 is 0 Å². The van der Waals surface area contributed by atoms with Crippen LogP contribution in [0.25, 0.3) is 0 Å². The van der Waals surface area contributed by atoms with E-state index in [1.165, 1.54) is 31.2 Å². The lowest BCUT2D eigenvalue weighted by Gasteiger charge is -2.07. The van der Waals surface area contributed by atoms with E-state index < -0.39 is 0 Å². The number of carbonyl (C=O) groups excluding carboxylic acids is 1. The molecule has 2 N–H and O–H groups in total. The van der Waals surface area contributed by atoms with Crippen molar-refractivity contribution in [1.29, 1.82) is 0 Å². The van der Waals surface area contributed by atoms with Gasteiger partial charge < -0.3 is 10.6 Å². The van der Waals surface area contributed by atoms with Crippen LogP contribution in [-0.2, 0) is 11.2 Å². The zero-order chi connectivity index (χ0) is 13.5. The predicted molar refractivity (Wildman–Crippen MR) is 79.3 cm³/mol. The van der Waals surface area contributed by atoms with Crippen LogP contribution in [-0.4, -0.2) is 18.5 Å². The van der Waals surface area contributed by atoms with Gasteiger partial charge in [-0.05, 0) is 43.4 Å². The van der Waals surface area contributed by atoms with Gasteiger partial charge in [-0.3, -0.25) is 4.79 Å². The summed E-state index contributed by atoms with van der Waals surface area (Å²) in [5.41, 5.74) is 2.24. The highest BCUT2D eigenvalue weighted by molar-refractivity contribution is 5.90. The van der Waals surface area contributed by atoms with Crippen molar-refractivity contribution < 1.29 is 4.79 Å². The minimum Gasteiger partial charge on any atom is -0.326 e. The fourth-order valence-electron chi connectivity index (χ4n) is 2.04. The fourth-order valence-corrected chi connectivity index (χ4v) is 2.04. The maximum absolute atomic E-state index is 11.7. The molecule has 1 aromatic rings. The van der Waals surface area contributed by atoms with E-state index in [0.717, 1.165) is 18.7 Å². The molecule has 0 aromatic heterocycles. The van der Waals surface area contributed by atoms with Crippen molar-refractivity contribution >= 4 is 11.6 Å². The Kier molecular flexibility index (Phi) is 5.40. The molecule has 1 fully saturated rings. The predicted octanol–water partition coefficient (Wildman–Crippen LogP) is 3.11. The van der Waals surface area contributed by atoms with Crippen LogP contribution >= 0.6 is 0 Å². The Morgan fingerprint density at radius 3 is 2.63 bits per heavy atom. The van der Waals surface area contributed by atoms with E-state index in [4.69, 9.17) is 0 Å². The molecule has 0 unspecified atom stereocenters. The third-order valence-electron chi connectivity index (χ3n) is 3.42. The summed E-state index contributed by atoms with van der Waals surface area (Å²) in [6.45, 7) is 2.98. The molecule has 19 heavy (non-hydrogen) atoms. The zero-order valence-electron chi connectivity index (χ0n) is 11.7. The van der Waals surface area contributed by atoms with Crippen molar-refractivity contribution in [2.45, 2.75) is 51.5 Å². The second-order valence-corrected chi connectivity index (χ2v) is 5.33. The molecule has 0 spiro atoms. The molecule has 1 saturated carbocycles. The van der Waals surface area contributed by atoms with Gasteiger partial charge in [-0.2, -0.15) is 0 Å². The molecule has 1 aliphatic carbocycles. The van der Waals surface area contributed by atoms with Crippen LogP contribution in [0.1, 0.15) is 44.6 Å². The summed E-state index contributed by atoms with van der Waals surface area (Å²) in [5, 5.41) is 6.29. The number of amides is 1. The van der Waals surface area contributed by atoms with Gasteiger partial charge in [0, 0.05) is 24.7 Å². The summed E-state index contributed by atoms with van der Waals surface area (Å²) in [5.74, 6) is 0.0921. The molecule has 1 aromatic carbocycles. The number of hydrogen-bond donors (Lipinski definition) is 2. The Hall–Kier alpha value is -1.35. The molecule has 0 bridgehead atoms. The van der Waals surface area contributed by atoms with Crippen molar-refractivity contribution in [3.63, 3.8) is 0 Å². The molecule has 1 amide bonds. The van der Waals surface area contributed by atoms with E-state index in [1.54, 1.807) is 0 Å². The number of aryl methyl sites for hydroxylation is 1. The molecule has 0 radical (unpaired) electrons. The van der Waals surface area contributed by atoms with Crippen LogP contribution in [0, 0.1) is 0 Å². The Morgan fingerprint density at radius 1 is 1.26 bits per heavy atom. The summed E-state index contributed by atoms with van der Waals surface area (Å²) in [6, 6.07) is 8.88. The lowest BCUT2D eigenvalue weighted by atomic mass is 10.1. The Bertz CT molecular complexity index is 396. The van der Waals surface area contributed by atoms with Crippen LogP contribution in [0.2, 0.25) is 0 Å². The van der Waals surface area contributed by atoms with E-state index in [9.17, 15) is 4.79 Å². The average molecular weight is 260 g/mol. The maximum Gasteiger partial charge on any atom is 0.225 e. The SMILES string of the molecule is CCCCc1ccc(NC(=O)CCNC2CC2)cc1. The minimum atomic E-state index is 0.0921. The van der Waals surface area contributed by atoms with Crippen molar-refractivity contribution in [3.05, 3.63) is 29.8 Å². The number of carbonyl (C=O) groups is 1. The lowest BCUT2D eigenvalue weighted by Crippen LogP contribution is -2.23. The third-order valence-corrected chi connectivity index (χ3v) is 3.42. The molecule has 3 heteroatoms. The number of benzene rings is 1. The highest BCUT2D eigenvalue weighted by Crippen LogP contribution is 2.18. The number of hydrogen-bond acceptors (Lipinski definition) is 2. The van der Waals surface area contributed by atoms with Crippen LogP contribution in [0.15, 0.2) is 24.3 Å². The van der Waals surface area contributed by atoms with E-state index in [2.05, 4.69) is 29.7 Å². The fraction of sp³-hybridized carbons (Fsp3) is 0.562. The Balaban J connectivity index is 1.69. The van der Waals surface area contributed by atoms with Crippen LogP contribution in [0.5, 0.6) is 0 Å². The van der Waals surface area contributed by atoms with Crippen LogP contribution < -0.4 is 10.6 Å². The normalized spacial score (nSPS) is 14.4. The number of rotatable bonds is 8. The molecule has 3 nitrogen and oxygen atoms in total. The summed E-state index contributed by atoms with van der Waals surface area (Å²) in [6.07, 6.45) is 6.64. The first-order chi connectivity index (χ1) is 9.28. The monoisotopic (exact) mass is 260 g/mol. The topological polar surface area (TPSA) is 41.1 Å². The molecule has 0 atom stereocenters. The number of nitrogens with one attached hydrogen (secondary N) is 2. The summed E-state index contributed by atoms with van der Waals surface area (Å²) in [4.78, 5) is 11.7. The molecule has 0 heterocycles. The third kappa shape index (κ3) is 5.43. The van der Waals surface area contributed by atoms with Gasteiger partial charge in [0.2, 0.25) is 5.91 Å². The second-order valence-electron chi connectivity index (χ2n) is 5.33. The molecule has 0 saturated heterocycles. The highest BCUT2D eigenvalue weighted by atomic mass is 16.1. The highest BCUT2D eigenvalue weighted by Gasteiger charge is 2.19. The van der Waals surface area contributed by atoms with Gasteiger partial charge in [0.1, 0.15) is 0 Å². The van der Waals surface area contributed by atoms with Gasteiger partial charge in [0.25, 0.3) is 0 Å². The first-order valence-corrected chi connectivity index (χ1v) is 7.40. The first kappa shape index (κ1) is 14.1. The molecule has 0 aliphatic heterocycles. The molecule has 104 valence electrons. The van der Waals surface area contributed by atoms with E-state index in [1.807, 2.05) is 12.1 Å². The van der Waals surface area contributed by atoms with E-state index in [0.29, 0.717) is 12.5 Å². The van der Waals surface area contributed by atoms with Gasteiger partial charge in [-0.15, -0.1) is 0 Å². The lowest BCUT2D eigenvalue weighted by molar-refractivity contribution is -0.116. The van der Waals surface area contributed by atoms with Crippen LogP contribution in [0.4, 0.5) is 5.69 Å². The number of anilines is 1. The van der Waals surface area contributed by atoms with Crippen molar-refractivity contribution in [1.82, 2.24) is 5.32 Å². The van der Waals surface area contributed by atoms with Crippen molar-refractivity contribution in [2.75, 3.05) is 11.9 Å². The quantitative estimate of drug-likeness (QED) is 0.754. The molecule has 2 rings (SSSR count). The second kappa shape index (κ2) is 7.29. The van der Waals surface area contributed by atoms with E-state index in [-0.39, 0.29) is 5.91 Å². The summed E-state index contributed by atoms with van der Waals surface area (Å²) in [7, 11) is 0. The van der Waals surface area contributed by atoms with Crippen molar-refractivity contribution in [3.8, 4) is 0 Å². The number of unbranched alkanes of at least 4 members (excludes halogenated alkanes) is 1. The Labute approximate surface area is 115 Å². The first-order valence-electron chi connectivity index (χ1n) is 7.40. The molecular weight excluding hydrogens is 236 g/mol. The van der Waals surface area contributed by atoms with Crippen LogP contribution in [0.3, 0.4) is 0 Å². The Morgan fingerprint density at radius 2 is 2.00 bits per heavy atom. The summed E-state index contributed by atoms with van der Waals surface area (Å²) >= 11 is 0. The maximum atomic E-state index is 11.7. The van der Waals surface area contributed by atoms with Gasteiger partial charge in [-0.1, -0.05) is 25.5 Å². The smallest absolute Gasteiger partial charge is 0.225 e. The zero-order valence-corrected chi connectivity index (χ0v) is 11.7. The van der Waals surface area contributed by atoms with Gasteiger partial charge in [-0.25, -0.2) is 0 Å². The van der Waals surface area contributed by atoms with Gasteiger partial charge in [0.15, 0.2) is 0 Å². The molecular formula is C16H24N2O. The average Bonchev–Trinajstić information content (AvgIpc) is 3.22. The molecule has 1 aliphatic rings.